The summed E-state index contributed by atoms with van der Waals surface area (Å²) in [4.78, 5) is 15.6. The molecule has 0 aliphatic carbocycles. The molecule has 2 aromatic carbocycles. The zero-order chi connectivity index (χ0) is 20.6. The Hall–Kier alpha value is -3.25. The molecular weight excluding hydrogens is 392 g/mol. The highest BCUT2D eigenvalue weighted by atomic mass is 32.1. The van der Waals surface area contributed by atoms with Gasteiger partial charge < -0.3 is 9.64 Å². The molecule has 0 N–H and O–H groups in total. The van der Waals surface area contributed by atoms with Crippen LogP contribution in [0.15, 0.2) is 72.4 Å². The number of anilines is 1. The van der Waals surface area contributed by atoms with Crippen molar-refractivity contribution in [2.45, 2.75) is 26.3 Å². The summed E-state index contributed by atoms with van der Waals surface area (Å²) in [5.74, 6) is 2.38. The average Bonchev–Trinajstić information content (AvgIpc) is 3.32. The van der Waals surface area contributed by atoms with Crippen LogP contribution in [0.5, 0.6) is 11.5 Å². The molecule has 0 saturated carbocycles. The Balaban J connectivity index is 1.47. The molecule has 30 heavy (non-hydrogen) atoms. The van der Waals surface area contributed by atoms with Crippen LogP contribution in [0.3, 0.4) is 0 Å². The molecule has 1 radical (unpaired) electrons. The predicted molar refractivity (Wildman–Crippen MR) is 120 cm³/mol. The highest BCUT2D eigenvalue weighted by Gasteiger charge is 2.12. The van der Waals surface area contributed by atoms with Crippen LogP contribution in [0.25, 0.3) is 0 Å². The Kier molecular flexibility index (Phi) is 6.67. The molecule has 0 fully saturated rings. The molecule has 4 rings (SSSR count). The summed E-state index contributed by atoms with van der Waals surface area (Å²) in [6.07, 6.45) is 5.57. The second-order valence-corrected chi connectivity index (χ2v) is 7.56. The van der Waals surface area contributed by atoms with Gasteiger partial charge in [-0.2, -0.15) is 0 Å². The lowest BCUT2D eigenvalue weighted by atomic mass is 10.2. The number of aromatic nitrogens is 3. The first-order valence-corrected chi connectivity index (χ1v) is 10.9. The van der Waals surface area contributed by atoms with Crippen molar-refractivity contribution in [1.29, 1.82) is 0 Å². The van der Waals surface area contributed by atoms with E-state index in [4.69, 9.17) is 4.74 Å². The van der Waals surface area contributed by atoms with E-state index in [9.17, 15) is 0 Å². The summed E-state index contributed by atoms with van der Waals surface area (Å²) in [7, 11) is 0. The Bertz CT molecular complexity index is 1020. The molecule has 0 saturated heterocycles. The monoisotopic (exact) mass is 415 g/mol. The van der Waals surface area contributed by atoms with Crippen LogP contribution in [0.4, 0.5) is 5.95 Å². The normalized spacial score (nSPS) is 10.7. The van der Waals surface area contributed by atoms with Crippen LogP contribution in [0.2, 0.25) is 0 Å². The van der Waals surface area contributed by atoms with Crippen LogP contribution in [0.1, 0.15) is 23.7 Å². The van der Waals surface area contributed by atoms with E-state index in [1.54, 1.807) is 0 Å². The van der Waals surface area contributed by atoms with Crippen molar-refractivity contribution in [3.8, 4) is 11.5 Å². The number of hydrogen-bond acceptors (Lipinski definition) is 6. The van der Waals surface area contributed by atoms with Gasteiger partial charge in [-0.15, -0.1) is 11.3 Å². The third-order valence-corrected chi connectivity index (χ3v) is 5.32. The predicted octanol–water partition coefficient (Wildman–Crippen LogP) is 5.34. The fraction of sp³-hybridized carbons (Fsp3) is 0.208. The third-order valence-electron chi connectivity index (χ3n) is 4.73. The second kappa shape index (κ2) is 9.98. The largest absolute Gasteiger partial charge is 0.457 e. The van der Waals surface area contributed by atoms with E-state index in [-0.39, 0.29) is 0 Å². The van der Waals surface area contributed by atoms with Crippen molar-refractivity contribution in [3.05, 3.63) is 94.7 Å². The van der Waals surface area contributed by atoms with Crippen molar-refractivity contribution in [3.63, 3.8) is 0 Å². The smallest absolute Gasteiger partial charge is 0.225 e. The van der Waals surface area contributed by atoms with Gasteiger partial charge in [0.25, 0.3) is 0 Å². The minimum Gasteiger partial charge on any atom is -0.457 e. The molecule has 5 nitrogen and oxygen atoms in total. The molecule has 0 atom stereocenters. The van der Waals surface area contributed by atoms with Crippen LogP contribution in [0, 0.1) is 5.51 Å². The second-order valence-electron chi connectivity index (χ2n) is 6.91. The Labute approximate surface area is 181 Å². The van der Waals surface area contributed by atoms with Crippen LogP contribution in [-0.4, -0.2) is 21.5 Å². The summed E-state index contributed by atoms with van der Waals surface area (Å²) < 4.78 is 5.90. The van der Waals surface area contributed by atoms with Crippen molar-refractivity contribution in [1.82, 2.24) is 15.0 Å². The molecule has 151 valence electrons. The molecular formula is C24H23N4OS. The molecule has 0 aliphatic heterocycles. The fourth-order valence-electron chi connectivity index (χ4n) is 3.02. The number of thiazole rings is 1. The van der Waals surface area contributed by atoms with Gasteiger partial charge >= 0.3 is 0 Å². The van der Waals surface area contributed by atoms with E-state index in [0.29, 0.717) is 6.54 Å². The third kappa shape index (κ3) is 5.42. The minimum absolute atomic E-state index is 0.713. The minimum atomic E-state index is 0.713. The Morgan fingerprint density at radius 1 is 0.933 bits per heavy atom. The number of benzene rings is 2. The van der Waals surface area contributed by atoms with Gasteiger partial charge in [-0.05, 0) is 41.8 Å². The number of aryl methyl sites for hydroxylation is 1. The van der Waals surface area contributed by atoms with Crippen molar-refractivity contribution >= 4 is 17.3 Å². The number of hydrogen-bond donors (Lipinski definition) is 0. The first-order valence-electron chi connectivity index (χ1n) is 9.98. The van der Waals surface area contributed by atoms with Gasteiger partial charge in [0.2, 0.25) is 5.95 Å². The maximum Gasteiger partial charge on any atom is 0.225 e. The zero-order valence-electron chi connectivity index (χ0n) is 16.9. The molecule has 0 bridgehead atoms. The zero-order valence-corrected chi connectivity index (χ0v) is 17.7. The average molecular weight is 416 g/mol. The van der Waals surface area contributed by atoms with E-state index in [0.717, 1.165) is 48.1 Å². The van der Waals surface area contributed by atoms with Crippen LogP contribution >= 0.6 is 11.3 Å². The summed E-state index contributed by atoms with van der Waals surface area (Å²) in [5.41, 5.74) is 6.26. The number of para-hydroxylation sites is 1. The lowest BCUT2D eigenvalue weighted by Gasteiger charge is -2.22. The first-order chi connectivity index (χ1) is 14.8. The van der Waals surface area contributed by atoms with Crippen molar-refractivity contribution in [2.24, 2.45) is 0 Å². The first kappa shape index (κ1) is 20.0. The maximum atomic E-state index is 5.90. The van der Waals surface area contributed by atoms with E-state index >= 15 is 0 Å². The lowest BCUT2D eigenvalue weighted by Crippen LogP contribution is -2.27. The number of ether oxygens (including phenoxy) is 1. The van der Waals surface area contributed by atoms with E-state index in [1.165, 1.54) is 16.9 Å². The number of nitrogens with zero attached hydrogens (tertiary/aromatic N) is 4. The van der Waals surface area contributed by atoms with Gasteiger partial charge in [-0.3, -0.25) is 0 Å². The molecule has 0 spiro atoms. The molecule has 2 aromatic heterocycles. The van der Waals surface area contributed by atoms with E-state index in [1.807, 2.05) is 60.2 Å². The summed E-state index contributed by atoms with van der Waals surface area (Å²) >= 11 is 1.50. The Morgan fingerprint density at radius 3 is 2.33 bits per heavy atom. The lowest BCUT2D eigenvalue weighted by molar-refractivity contribution is 0.482. The molecule has 0 unspecified atom stereocenters. The van der Waals surface area contributed by atoms with Gasteiger partial charge in [0, 0.05) is 37.3 Å². The van der Waals surface area contributed by atoms with E-state index < -0.39 is 0 Å². The summed E-state index contributed by atoms with van der Waals surface area (Å²) in [6, 6.07) is 18.0. The van der Waals surface area contributed by atoms with Gasteiger partial charge in [0.05, 0.1) is 5.69 Å². The van der Waals surface area contributed by atoms with Gasteiger partial charge in [0.1, 0.15) is 11.5 Å². The molecule has 4 aromatic rings. The SMILES string of the molecule is CCc1cnc(N(CCc2cs[c]n2)Cc2ccc(Oc3ccccc3)cc2)nc1. The Morgan fingerprint density at radius 2 is 1.67 bits per heavy atom. The molecule has 6 heteroatoms. The molecule has 0 amide bonds. The van der Waals surface area contributed by atoms with E-state index in [2.05, 4.69) is 44.4 Å². The highest BCUT2D eigenvalue weighted by molar-refractivity contribution is 7.07. The van der Waals surface area contributed by atoms with Crippen LogP contribution < -0.4 is 9.64 Å². The summed E-state index contributed by atoms with van der Waals surface area (Å²) in [5, 5.41) is 2.04. The summed E-state index contributed by atoms with van der Waals surface area (Å²) in [6.45, 7) is 3.60. The highest BCUT2D eigenvalue weighted by Crippen LogP contribution is 2.22. The standard InChI is InChI=1S/C24H23N4OS/c1-2-19-14-25-24(26-15-19)28(13-12-21-17-30-18-27-21)16-20-8-10-23(11-9-20)29-22-6-4-3-5-7-22/h3-11,14-15,17H,2,12-13,16H2,1H3. The molecule has 2 heterocycles. The quantitative estimate of drug-likeness (QED) is 0.369. The van der Waals surface area contributed by atoms with Crippen molar-refractivity contribution < 1.29 is 4.74 Å². The van der Waals surface area contributed by atoms with Gasteiger partial charge in [0.15, 0.2) is 5.51 Å². The van der Waals surface area contributed by atoms with Gasteiger partial charge in [-0.25, -0.2) is 15.0 Å². The topological polar surface area (TPSA) is 51.1 Å². The van der Waals surface area contributed by atoms with Gasteiger partial charge in [-0.1, -0.05) is 37.3 Å². The van der Waals surface area contributed by atoms with Crippen LogP contribution in [-0.2, 0) is 19.4 Å². The molecule has 0 aliphatic rings. The fourth-order valence-corrected chi connectivity index (χ4v) is 3.55. The maximum absolute atomic E-state index is 5.90. The van der Waals surface area contributed by atoms with Crippen molar-refractivity contribution in [2.75, 3.05) is 11.4 Å². The number of rotatable bonds is 9.